The highest BCUT2D eigenvalue weighted by atomic mass is 16.5. The SMILES string of the molecule is NCCOc1cccc(NC(=O)c2ccc(=O)oc2)c1. The smallest absolute Gasteiger partial charge is 0.335 e. The summed E-state index contributed by atoms with van der Waals surface area (Å²) in [5, 5.41) is 2.68. The Bertz CT molecular complexity index is 631. The van der Waals surface area contributed by atoms with Crippen LogP contribution in [-0.2, 0) is 0 Å². The number of carbonyl (C=O) groups is 1. The largest absolute Gasteiger partial charge is 0.492 e. The van der Waals surface area contributed by atoms with Gasteiger partial charge in [0.25, 0.3) is 5.91 Å². The fraction of sp³-hybridized carbons (Fsp3) is 0.143. The first kappa shape index (κ1) is 13.8. The van der Waals surface area contributed by atoms with Crippen molar-refractivity contribution in [2.75, 3.05) is 18.5 Å². The minimum Gasteiger partial charge on any atom is -0.492 e. The molecule has 0 aliphatic heterocycles. The van der Waals surface area contributed by atoms with Crippen molar-refractivity contribution >= 4 is 11.6 Å². The molecule has 0 aliphatic carbocycles. The van der Waals surface area contributed by atoms with Crippen LogP contribution in [0.1, 0.15) is 10.4 Å². The molecule has 1 aromatic heterocycles. The Morgan fingerprint density at radius 3 is 2.85 bits per heavy atom. The maximum absolute atomic E-state index is 11.9. The summed E-state index contributed by atoms with van der Waals surface area (Å²) < 4.78 is 10.0. The van der Waals surface area contributed by atoms with Gasteiger partial charge in [-0.1, -0.05) is 6.07 Å². The van der Waals surface area contributed by atoms with Crippen LogP contribution in [0.3, 0.4) is 0 Å². The van der Waals surface area contributed by atoms with Crippen LogP contribution in [0.4, 0.5) is 5.69 Å². The fourth-order valence-electron chi connectivity index (χ4n) is 1.53. The predicted octanol–water partition coefficient (Wildman–Crippen LogP) is 1.23. The molecule has 0 saturated heterocycles. The Balaban J connectivity index is 2.07. The molecule has 0 saturated carbocycles. The second-order valence-electron chi connectivity index (χ2n) is 3.96. The van der Waals surface area contributed by atoms with E-state index >= 15 is 0 Å². The highest BCUT2D eigenvalue weighted by molar-refractivity contribution is 6.03. The van der Waals surface area contributed by atoms with Crippen molar-refractivity contribution in [3.05, 3.63) is 58.6 Å². The second kappa shape index (κ2) is 6.53. The number of ether oxygens (including phenoxy) is 1. The molecule has 1 aromatic carbocycles. The number of hydrogen-bond acceptors (Lipinski definition) is 5. The molecule has 0 atom stereocenters. The van der Waals surface area contributed by atoms with E-state index in [0.29, 0.717) is 24.6 Å². The van der Waals surface area contributed by atoms with E-state index in [1.807, 2.05) is 0 Å². The van der Waals surface area contributed by atoms with Crippen LogP contribution >= 0.6 is 0 Å². The van der Waals surface area contributed by atoms with E-state index in [1.54, 1.807) is 24.3 Å². The minimum absolute atomic E-state index is 0.262. The molecule has 0 spiro atoms. The number of rotatable bonds is 5. The average molecular weight is 274 g/mol. The molecule has 6 heteroatoms. The molecule has 0 aliphatic rings. The Morgan fingerprint density at radius 1 is 1.30 bits per heavy atom. The molecule has 0 radical (unpaired) electrons. The first-order valence-corrected chi connectivity index (χ1v) is 6.02. The van der Waals surface area contributed by atoms with Crippen molar-refractivity contribution in [3.63, 3.8) is 0 Å². The zero-order valence-electron chi connectivity index (χ0n) is 10.7. The summed E-state index contributed by atoms with van der Waals surface area (Å²) in [6.07, 6.45) is 1.12. The van der Waals surface area contributed by atoms with Gasteiger partial charge in [-0.2, -0.15) is 0 Å². The maximum atomic E-state index is 11.9. The van der Waals surface area contributed by atoms with Gasteiger partial charge in [-0.25, -0.2) is 4.79 Å². The van der Waals surface area contributed by atoms with Gasteiger partial charge in [-0.3, -0.25) is 4.79 Å². The van der Waals surface area contributed by atoms with Crippen LogP contribution in [0.25, 0.3) is 0 Å². The molecule has 2 aromatic rings. The summed E-state index contributed by atoms with van der Waals surface area (Å²) in [5.74, 6) is 0.248. The second-order valence-corrected chi connectivity index (χ2v) is 3.96. The number of hydrogen-bond donors (Lipinski definition) is 2. The molecule has 3 N–H and O–H groups in total. The molecule has 0 fully saturated rings. The topological polar surface area (TPSA) is 94.6 Å². The number of carbonyl (C=O) groups excluding carboxylic acids is 1. The summed E-state index contributed by atoms with van der Waals surface area (Å²) in [6.45, 7) is 0.820. The Labute approximate surface area is 115 Å². The number of anilines is 1. The predicted molar refractivity (Wildman–Crippen MR) is 73.9 cm³/mol. The molecular formula is C14H14N2O4. The van der Waals surface area contributed by atoms with Gasteiger partial charge in [-0.05, 0) is 18.2 Å². The zero-order valence-corrected chi connectivity index (χ0v) is 10.7. The van der Waals surface area contributed by atoms with Crippen LogP contribution in [0.2, 0.25) is 0 Å². The molecule has 1 amide bonds. The summed E-state index contributed by atoms with van der Waals surface area (Å²) >= 11 is 0. The summed E-state index contributed by atoms with van der Waals surface area (Å²) in [6, 6.07) is 9.53. The summed E-state index contributed by atoms with van der Waals surface area (Å²) in [7, 11) is 0. The van der Waals surface area contributed by atoms with E-state index in [4.69, 9.17) is 10.5 Å². The molecular weight excluding hydrogens is 260 g/mol. The summed E-state index contributed by atoms with van der Waals surface area (Å²) in [4.78, 5) is 22.7. The molecule has 0 unspecified atom stereocenters. The fourth-order valence-corrected chi connectivity index (χ4v) is 1.53. The third kappa shape index (κ3) is 3.69. The molecule has 0 bridgehead atoms. The minimum atomic E-state index is -0.501. The van der Waals surface area contributed by atoms with Crippen LogP contribution in [-0.4, -0.2) is 19.1 Å². The molecule has 1 heterocycles. The van der Waals surface area contributed by atoms with Crippen molar-refractivity contribution in [3.8, 4) is 5.75 Å². The number of nitrogens with two attached hydrogens (primary N) is 1. The van der Waals surface area contributed by atoms with E-state index < -0.39 is 5.63 Å². The lowest BCUT2D eigenvalue weighted by Gasteiger charge is -2.08. The van der Waals surface area contributed by atoms with E-state index in [0.717, 1.165) is 6.26 Å². The van der Waals surface area contributed by atoms with E-state index in [-0.39, 0.29) is 11.5 Å². The zero-order chi connectivity index (χ0) is 14.4. The van der Waals surface area contributed by atoms with Gasteiger partial charge in [0.05, 0.1) is 5.56 Å². The van der Waals surface area contributed by atoms with Crippen molar-refractivity contribution in [2.45, 2.75) is 0 Å². The molecule has 6 nitrogen and oxygen atoms in total. The van der Waals surface area contributed by atoms with Gasteiger partial charge in [-0.15, -0.1) is 0 Å². The van der Waals surface area contributed by atoms with Crippen LogP contribution in [0.5, 0.6) is 5.75 Å². The van der Waals surface area contributed by atoms with Crippen molar-refractivity contribution < 1.29 is 13.9 Å². The maximum Gasteiger partial charge on any atom is 0.335 e. The van der Waals surface area contributed by atoms with E-state index in [1.165, 1.54) is 12.1 Å². The van der Waals surface area contributed by atoms with Crippen LogP contribution in [0, 0.1) is 0 Å². The lowest BCUT2D eigenvalue weighted by atomic mass is 10.2. The number of nitrogens with one attached hydrogen (secondary N) is 1. The van der Waals surface area contributed by atoms with Crippen molar-refractivity contribution in [1.29, 1.82) is 0 Å². The van der Waals surface area contributed by atoms with Crippen molar-refractivity contribution in [2.24, 2.45) is 5.73 Å². The summed E-state index contributed by atoms with van der Waals surface area (Å²) in [5.41, 5.74) is 5.69. The standard InChI is InChI=1S/C14H14N2O4/c15-6-7-19-12-3-1-2-11(8-12)16-14(18)10-4-5-13(17)20-9-10/h1-5,8-9H,6-7,15H2,(H,16,18). The van der Waals surface area contributed by atoms with Gasteiger partial charge in [0.2, 0.25) is 0 Å². The Morgan fingerprint density at radius 2 is 2.15 bits per heavy atom. The van der Waals surface area contributed by atoms with Gasteiger partial charge in [0.1, 0.15) is 18.6 Å². The monoisotopic (exact) mass is 274 g/mol. The normalized spacial score (nSPS) is 10.1. The highest BCUT2D eigenvalue weighted by Crippen LogP contribution is 2.17. The Kier molecular flexibility index (Phi) is 4.52. The van der Waals surface area contributed by atoms with Crippen molar-refractivity contribution in [1.82, 2.24) is 0 Å². The van der Waals surface area contributed by atoms with Gasteiger partial charge >= 0.3 is 5.63 Å². The van der Waals surface area contributed by atoms with Gasteiger partial charge in [0, 0.05) is 24.4 Å². The lowest BCUT2D eigenvalue weighted by Crippen LogP contribution is -2.13. The average Bonchev–Trinajstić information content (AvgIpc) is 2.46. The first-order valence-electron chi connectivity index (χ1n) is 6.02. The quantitative estimate of drug-likeness (QED) is 0.855. The van der Waals surface area contributed by atoms with Gasteiger partial charge < -0.3 is 20.2 Å². The highest BCUT2D eigenvalue weighted by Gasteiger charge is 2.07. The van der Waals surface area contributed by atoms with Crippen LogP contribution in [0.15, 0.2) is 51.9 Å². The van der Waals surface area contributed by atoms with Gasteiger partial charge in [0.15, 0.2) is 0 Å². The third-order valence-electron chi connectivity index (χ3n) is 2.44. The third-order valence-corrected chi connectivity index (χ3v) is 2.44. The van der Waals surface area contributed by atoms with E-state index in [2.05, 4.69) is 9.73 Å². The first-order chi connectivity index (χ1) is 9.69. The number of benzene rings is 1. The Hall–Kier alpha value is -2.60. The van der Waals surface area contributed by atoms with E-state index in [9.17, 15) is 9.59 Å². The molecule has 20 heavy (non-hydrogen) atoms. The lowest BCUT2D eigenvalue weighted by molar-refractivity contribution is 0.102. The number of amides is 1. The molecule has 104 valence electrons. The molecule has 2 rings (SSSR count). The van der Waals surface area contributed by atoms with Crippen LogP contribution < -0.4 is 21.4 Å².